The van der Waals surface area contributed by atoms with Crippen LogP contribution in [0.25, 0.3) is 0 Å². The van der Waals surface area contributed by atoms with Crippen LogP contribution in [0.4, 0.5) is 0 Å². The standard InChI is InChI=1S/C4H11N3O2/c1-3-6(4-5-2)7(8)9/h4,7-8H,3H2,1-2H3. The largest absolute Gasteiger partial charge is 0.574 e. The first-order valence-corrected chi connectivity index (χ1v) is 2.64. The molecule has 2 N–H and O–H groups in total. The van der Waals surface area contributed by atoms with Crippen molar-refractivity contribution in [1.82, 2.24) is 5.01 Å². The molecule has 0 saturated heterocycles. The smallest absolute Gasteiger partial charge is 0.138 e. The molecular weight excluding hydrogens is 122 g/mol. The second-order valence-electron chi connectivity index (χ2n) is 1.44. The van der Waals surface area contributed by atoms with Gasteiger partial charge in [-0.2, -0.15) is 10.2 Å². The van der Waals surface area contributed by atoms with E-state index >= 15 is 0 Å². The van der Waals surface area contributed by atoms with Crippen molar-refractivity contribution in [1.29, 1.82) is 0 Å². The molecule has 0 heterocycles. The number of nitrogens with zero attached hydrogens (tertiary/aromatic N) is 2. The van der Waals surface area contributed by atoms with Gasteiger partial charge in [0.05, 0.1) is 6.54 Å². The normalized spacial score (nSPS) is 14.2. The maximum absolute atomic E-state index is 10.2. The number of rotatable bonds is 3. The molecule has 54 valence electrons. The summed E-state index contributed by atoms with van der Waals surface area (Å²) >= 11 is 0. The molecule has 0 bridgehead atoms. The third-order valence-corrected chi connectivity index (χ3v) is 0.841. The zero-order valence-corrected chi connectivity index (χ0v) is 5.53. The monoisotopic (exact) mass is 133 g/mol. The van der Waals surface area contributed by atoms with Crippen molar-refractivity contribution in [2.75, 3.05) is 13.6 Å². The zero-order valence-electron chi connectivity index (χ0n) is 5.53. The molecule has 0 aromatic rings. The fraction of sp³-hybridized carbons (Fsp3) is 0.750. The predicted molar refractivity (Wildman–Crippen MR) is 32.9 cm³/mol. The topological polar surface area (TPSA) is 63.3 Å². The van der Waals surface area contributed by atoms with Crippen molar-refractivity contribution in [2.24, 2.45) is 4.99 Å². The quantitative estimate of drug-likeness (QED) is 0.284. The van der Waals surface area contributed by atoms with E-state index in [0.717, 1.165) is 5.01 Å². The lowest BCUT2D eigenvalue weighted by atomic mass is 10.7. The second kappa shape index (κ2) is 4.25. The first-order valence-electron chi connectivity index (χ1n) is 2.64. The highest BCUT2D eigenvalue weighted by atomic mass is 16.8. The molecule has 0 saturated carbocycles. The van der Waals surface area contributed by atoms with Crippen LogP contribution in [-0.2, 0) is 0 Å². The van der Waals surface area contributed by atoms with Crippen molar-refractivity contribution >= 4 is 6.34 Å². The Morgan fingerprint density at radius 1 is 1.89 bits per heavy atom. The van der Waals surface area contributed by atoms with Gasteiger partial charge in [-0.3, -0.25) is 4.99 Å². The molecule has 0 rings (SSSR count). The van der Waals surface area contributed by atoms with Crippen LogP contribution < -0.4 is 5.34 Å². The summed E-state index contributed by atoms with van der Waals surface area (Å²) in [6.45, 7) is 2.18. The zero-order chi connectivity index (χ0) is 7.28. The van der Waals surface area contributed by atoms with Gasteiger partial charge < -0.3 is 5.21 Å². The SMILES string of the molecule is CCN(C=NC)[NH+]([O-])O. The van der Waals surface area contributed by atoms with E-state index in [9.17, 15) is 5.21 Å². The van der Waals surface area contributed by atoms with E-state index in [-0.39, 0.29) is 0 Å². The lowest BCUT2D eigenvalue weighted by molar-refractivity contribution is -1.13. The summed E-state index contributed by atoms with van der Waals surface area (Å²) in [7, 11) is 1.53. The summed E-state index contributed by atoms with van der Waals surface area (Å²) in [4.78, 5) is 3.55. The molecule has 0 radical (unpaired) electrons. The summed E-state index contributed by atoms with van der Waals surface area (Å²) in [5.74, 6) is 0. The van der Waals surface area contributed by atoms with Gasteiger partial charge in [0.25, 0.3) is 0 Å². The van der Waals surface area contributed by atoms with Gasteiger partial charge in [-0.05, 0) is 6.92 Å². The highest BCUT2D eigenvalue weighted by Gasteiger charge is 1.98. The molecule has 0 aromatic heterocycles. The Balaban J connectivity index is 3.68. The van der Waals surface area contributed by atoms with Gasteiger partial charge in [0.15, 0.2) is 0 Å². The Hall–Kier alpha value is -0.650. The molecule has 0 aliphatic rings. The number of aliphatic imine (C=N–C) groups is 1. The molecule has 9 heavy (non-hydrogen) atoms. The summed E-state index contributed by atoms with van der Waals surface area (Å²) in [5.41, 5.74) is 0. The van der Waals surface area contributed by atoms with Crippen molar-refractivity contribution < 1.29 is 10.5 Å². The van der Waals surface area contributed by atoms with Gasteiger partial charge in [0, 0.05) is 7.05 Å². The molecular formula is C4H11N3O2. The summed E-state index contributed by atoms with van der Waals surface area (Å²) in [6, 6.07) is 0. The molecule has 0 aliphatic heterocycles. The van der Waals surface area contributed by atoms with Crippen molar-refractivity contribution in [3.63, 3.8) is 0 Å². The van der Waals surface area contributed by atoms with Gasteiger partial charge in [0.1, 0.15) is 6.34 Å². The van der Waals surface area contributed by atoms with E-state index < -0.39 is 5.34 Å². The number of hydrogen-bond acceptors (Lipinski definition) is 3. The maximum atomic E-state index is 10.2. The second-order valence-corrected chi connectivity index (χ2v) is 1.44. The highest BCUT2D eigenvalue weighted by molar-refractivity contribution is 5.52. The van der Waals surface area contributed by atoms with E-state index in [0.29, 0.717) is 6.54 Å². The number of nitrogens with one attached hydrogen (secondary N) is 1. The van der Waals surface area contributed by atoms with Crippen LogP contribution >= 0.6 is 0 Å². The van der Waals surface area contributed by atoms with Gasteiger partial charge in [0.2, 0.25) is 0 Å². The van der Waals surface area contributed by atoms with Crippen molar-refractivity contribution in [3.8, 4) is 0 Å². The van der Waals surface area contributed by atoms with E-state index in [1.54, 1.807) is 6.92 Å². The lowest BCUT2D eigenvalue weighted by Crippen LogP contribution is -3.11. The van der Waals surface area contributed by atoms with Crippen LogP contribution in [0, 0.1) is 5.21 Å². The van der Waals surface area contributed by atoms with Gasteiger partial charge >= 0.3 is 0 Å². The Morgan fingerprint density at radius 3 is 2.56 bits per heavy atom. The Morgan fingerprint density at radius 2 is 2.44 bits per heavy atom. The average molecular weight is 133 g/mol. The minimum absolute atomic E-state index is 0.437. The van der Waals surface area contributed by atoms with E-state index in [2.05, 4.69) is 4.99 Å². The van der Waals surface area contributed by atoms with Crippen LogP contribution in [-0.4, -0.2) is 30.1 Å². The molecule has 0 amide bonds. The molecule has 0 aromatic carbocycles. The summed E-state index contributed by atoms with van der Waals surface area (Å²) in [5, 5.41) is 18.6. The van der Waals surface area contributed by atoms with Gasteiger partial charge in [-0.1, -0.05) is 0 Å². The summed E-state index contributed by atoms with van der Waals surface area (Å²) < 4.78 is 0. The fourth-order valence-corrected chi connectivity index (χ4v) is 0.406. The lowest BCUT2D eigenvalue weighted by Gasteiger charge is -2.22. The van der Waals surface area contributed by atoms with Crippen molar-refractivity contribution in [2.45, 2.75) is 6.92 Å². The highest BCUT2D eigenvalue weighted by Crippen LogP contribution is 1.65. The fourth-order valence-electron chi connectivity index (χ4n) is 0.406. The minimum Gasteiger partial charge on any atom is -0.574 e. The van der Waals surface area contributed by atoms with Crippen LogP contribution in [0.2, 0.25) is 0 Å². The molecule has 1 atom stereocenters. The Labute approximate surface area is 53.7 Å². The van der Waals surface area contributed by atoms with E-state index in [1.807, 2.05) is 0 Å². The van der Waals surface area contributed by atoms with E-state index in [1.165, 1.54) is 13.4 Å². The van der Waals surface area contributed by atoms with Crippen molar-refractivity contribution in [3.05, 3.63) is 5.21 Å². The van der Waals surface area contributed by atoms with Crippen LogP contribution in [0.3, 0.4) is 0 Å². The van der Waals surface area contributed by atoms with Crippen LogP contribution in [0.15, 0.2) is 4.99 Å². The van der Waals surface area contributed by atoms with Gasteiger partial charge in [-0.25, -0.2) is 0 Å². The molecule has 5 nitrogen and oxygen atoms in total. The third-order valence-electron chi connectivity index (χ3n) is 0.841. The van der Waals surface area contributed by atoms with Gasteiger partial charge in [-0.15, -0.1) is 5.34 Å². The van der Waals surface area contributed by atoms with Crippen LogP contribution in [0.1, 0.15) is 6.92 Å². The molecule has 1 unspecified atom stereocenters. The molecule has 5 heteroatoms. The molecule has 0 aliphatic carbocycles. The average Bonchev–Trinajstić information content (AvgIpc) is 1.82. The number of hydrogen-bond donors (Lipinski definition) is 2. The number of quaternary nitrogens is 1. The molecule has 0 spiro atoms. The van der Waals surface area contributed by atoms with E-state index in [4.69, 9.17) is 5.21 Å². The van der Waals surface area contributed by atoms with Crippen LogP contribution in [0.5, 0.6) is 0 Å². The first-order chi connectivity index (χ1) is 4.22. The minimum atomic E-state index is -0.969. The maximum Gasteiger partial charge on any atom is 0.138 e. The summed E-state index contributed by atoms with van der Waals surface area (Å²) in [6.07, 6.45) is 1.28. The Kier molecular flexibility index (Phi) is 3.94. The first kappa shape index (κ1) is 8.35. The third kappa shape index (κ3) is 3.02. The Bertz CT molecular complexity index is 93.8. The predicted octanol–water partition coefficient (Wildman–Crippen LogP) is -1.35. The molecule has 0 fully saturated rings.